The molecule has 0 bridgehead atoms. The summed E-state index contributed by atoms with van der Waals surface area (Å²) in [4.78, 5) is 0.932. The van der Waals surface area contributed by atoms with E-state index in [1.165, 1.54) is 29.5 Å². The smallest absolute Gasteiger partial charge is 0.250 e. The van der Waals surface area contributed by atoms with Gasteiger partial charge in [-0.15, -0.1) is 11.3 Å². The quantitative estimate of drug-likeness (QED) is 0.834. The van der Waals surface area contributed by atoms with Crippen molar-refractivity contribution in [1.82, 2.24) is 4.72 Å². The average molecular weight is 315 g/mol. The maximum absolute atomic E-state index is 12.9. The van der Waals surface area contributed by atoms with Gasteiger partial charge in [-0.25, -0.2) is 17.5 Å². The van der Waals surface area contributed by atoms with Crippen molar-refractivity contribution in [3.63, 3.8) is 0 Å². The monoisotopic (exact) mass is 315 g/mol. The van der Waals surface area contributed by atoms with Crippen LogP contribution in [0.15, 0.2) is 40.6 Å². The first kappa shape index (κ1) is 15.0. The second-order valence-corrected chi connectivity index (χ2v) is 7.35. The number of aryl methyl sites for hydroxylation is 1. The number of nitrogens with one attached hydrogen (secondary N) is 1. The molecular formula is C13H14FNO3S2. The highest BCUT2D eigenvalue weighted by atomic mass is 32.2. The molecule has 4 nitrogen and oxygen atoms in total. The summed E-state index contributed by atoms with van der Waals surface area (Å²) in [6.07, 6.45) is 0. The van der Waals surface area contributed by atoms with Crippen molar-refractivity contribution < 1.29 is 17.5 Å². The zero-order valence-electron chi connectivity index (χ0n) is 10.8. The molecule has 1 N–H and O–H groups in total. The van der Waals surface area contributed by atoms with Gasteiger partial charge in [-0.3, -0.25) is 0 Å². The normalized spacial score (nSPS) is 11.5. The van der Waals surface area contributed by atoms with Crippen molar-refractivity contribution in [3.05, 3.63) is 47.1 Å². The molecular weight excluding hydrogens is 301 g/mol. The molecule has 1 aromatic carbocycles. The van der Waals surface area contributed by atoms with Gasteiger partial charge in [0.05, 0.1) is 0 Å². The summed E-state index contributed by atoms with van der Waals surface area (Å²) < 4.78 is 44.7. The van der Waals surface area contributed by atoms with Gasteiger partial charge in [-0.05, 0) is 31.2 Å². The third-order valence-corrected chi connectivity index (χ3v) is 5.39. The molecule has 0 aliphatic heterocycles. The molecule has 0 aliphatic rings. The Balaban J connectivity index is 1.84. The Bertz CT molecular complexity index is 682. The first-order valence-electron chi connectivity index (χ1n) is 5.92. The van der Waals surface area contributed by atoms with Gasteiger partial charge in [-0.2, -0.15) is 0 Å². The lowest BCUT2D eigenvalue weighted by molar-refractivity contribution is 0.321. The molecule has 1 aromatic heterocycles. The summed E-state index contributed by atoms with van der Waals surface area (Å²) in [6.45, 7) is 2.10. The number of thiophene rings is 1. The molecule has 0 unspecified atom stereocenters. The molecule has 2 rings (SSSR count). The summed E-state index contributed by atoms with van der Waals surface area (Å²) in [6, 6.07) is 9.02. The predicted molar refractivity (Wildman–Crippen MR) is 76.1 cm³/mol. The van der Waals surface area contributed by atoms with Crippen molar-refractivity contribution in [3.8, 4) is 5.75 Å². The van der Waals surface area contributed by atoms with Crippen LogP contribution in [0, 0.1) is 12.7 Å². The van der Waals surface area contributed by atoms with Crippen LogP contribution in [0.5, 0.6) is 5.75 Å². The SMILES string of the molecule is Cc1ccc(S(=O)(=O)NCCOc2cccc(F)c2)s1. The van der Waals surface area contributed by atoms with Crippen LogP contribution in [0.25, 0.3) is 0 Å². The lowest BCUT2D eigenvalue weighted by Gasteiger charge is -2.07. The van der Waals surface area contributed by atoms with Crippen LogP contribution >= 0.6 is 11.3 Å². The van der Waals surface area contributed by atoms with Gasteiger partial charge in [0.1, 0.15) is 22.4 Å². The minimum atomic E-state index is -3.49. The van der Waals surface area contributed by atoms with E-state index in [0.29, 0.717) is 5.75 Å². The van der Waals surface area contributed by atoms with Crippen molar-refractivity contribution >= 4 is 21.4 Å². The summed E-state index contributed by atoms with van der Waals surface area (Å²) in [5.74, 6) is -0.0201. The number of rotatable bonds is 6. The standard InChI is InChI=1S/C13H14FNO3S2/c1-10-5-6-13(19-10)20(16,17)15-7-8-18-12-4-2-3-11(14)9-12/h2-6,9,15H,7-8H2,1H3. The van der Waals surface area contributed by atoms with Crippen molar-refractivity contribution in [2.45, 2.75) is 11.1 Å². The highest BCUT2D eigenvalue weighted by Gasteiger charge is 2.15. The molecule has 7 heteroatoms. The number of ether oxygens (including phenoxy) is 1. The Kier molecular flexibility index (Phi) is 4.74. The molecule has 108 valence electrons. The first-order chi connectivity index (χ1) is 9.47. The van der Waals surface area contributed by atoms with E-state index < -0.39 is 15.8 Å². The van der Waals surface area contributed by atoms with Crippen molar-refractivity contribution in [2.24, 2.45) is 0 Å². The van der Waals surface area contributed by atoms with Gasteiger partial charge >= 0.3 is 0 Å². The fourth-order valence-electron chi connectivity index (χ4n) is 1.53. The van der Waals surface area contributed by atoms with E-state index in [4.69, 9.17) is 4.74 Å². The maximum Gasteiger partial charge on any atom is 0.250 e. The van der Waals surface area contributed by atoms with E-state index in [0.717, 1.165) is 4.88 Å². The van der Waals surface area contributed by atoms with Crippen LogP contribution in [0.2, 0.25) is 0 Å². The van der Waals surface area contributed by atoms with Gasteiger partial charge in [0.25, 0.3) is 0 Å². The Labute approximate surface area is 121 Å². The summed E-state index contributed by atoms with van der Waals surface area (Å²) in [5.41, 5.74) is 0. The highest BCUT2D eigenvalue weighted by molar-refractivity contribution is 7.91. The molecule has 0 radical (unpaired) electrons. The van der Waals surface area contributed by atoms with E-state index >= 15 is 0 Å². The Morgan fingerprint density at radius 3 is 2.75 bits per heavy atom. The van der Waals surface area contributed by atoms with Crippen molar-refractivity contribution in [1.29, 1.82) is 0 Å². The first-order valence-corrected chi connectivity index (χ1v) is 8.22. The minimum Gasteiger partial charge on any atom is -0.492 e. The van der Waals surface area contributed by atoms with Gasteiger partial charge in [0.2, 0.25) is 10.0 Å². The van der Waals surface area contributed by atoms with Gasteiger partial charge < -0.3 is 4.74 Å². The van der Waals surface area contributed by atoms with Gasteiger partial charge in [0, 0.05) is 17.5 Å². The second-order valence-electron chi connectivity index (χ2n) is 4.07. The topological polar surface area (TPSA) is 55.4 Å². The van der Waals surface area contributed by atoms with E-state index in [9.17, 15) is 12.8 Å². The molecule has 0 aliphatic carbocycles. The summed E-state index contributed by atoms with van der Waals surface area (Å²) >= 11 is 1.21. The third-order valence-electron chi connectivity index (χ3n) is 2.44. The molecule has 20 heavy (non-hydrogen) atoms. The lowest BCUT2D eigenvalue weighted by atomic mass is 10.3. The third kappa shape index (κ3) is 4.03. The van der Waals surface area contributed by atoms with Crippen LogP contribution in [-0.4, -0.2) is 21.6 Å². The molecule has 0 atom stereocenters. The fraction of sp³-hybridized carbons (Fsp3) is 0.231. The largest absolute Gasteiger partial charge is 0.492 e. The van der Waals surface area contributed by atoms with Crippen LogP contribution in [-0.2, 0) is 10.0 Å². The molecule has 0 spiro atoms. The Hall–Kier alpha value is -1.44. The number of benzene rings is 1. The average Bonchev–Trinajstić information content (AvgIpc) is 2.82. The van der Waals surface area contributed by atoms with Crippen LogP contribution in [0.4, 0.5) is 4.39 Å². The highest BCUT2D eigenvalue weighted by Crippen LogP contribution is 2.20. The number of halogens is 1. The van der Waals surface area contributed by atoms with E-state index in [2.05, 4.69) is 4.72 Å². The number of hydrogen-bond donors (Lipinski definition) is 1. The number of hydrogen-bond acceptors (Lipinski definition) is 4. The predicted octanol–water partition coefficient (Wildman–Crippen LogP) is 2.55. The summed E-state index contributed by atoms with van der Waals surface area (Å²) in [5, 5.41) is 0. The number of sulfonamides is 1. The zero-order valence-corrected chi connectivity index (χ0v) is 12.4. The Morgan fingerprint density at radius 2 is 2.10 bits per heavy atom. The van der Waals surface area contributed by atoms with E-state index in [1.54, 1.807) is 18.2 Å². The summed E-state index contributed by atoms with van der Waals surface area (Å²) in [7, 11) is -3.49. The molecule has 0 fully saturated rings. The minimum absolute atomic E-state index is 0.121. The lowest BCUT2D eigenvalue weighted by Crippen LogP contribution is -2.27. The maximum atomic E-state index is 12.9. The molecule has 0 saturated carbocycles. The molecule has 2 aromatic rings. The van der Waals surface area contributed by atoms with Crippen LogP contribution < -0.4 is 9.46 Å². The van der Waals surface area contributed by atoms with Crippen LogP contribution in [0.1, 0.15) is 4.88 Å². The Morgan fingerprint density at radius 1 is 1.30 bits per heavy atom. The van der Waals surface area contributed by atoms with Crippen molar-refractivity contribution in [2.75, 3.05) is 13.2 Å². The molecule has 0 saturated heterocycles. The molecule has 1 heterocycles. The second kappa shape index (κ2) is 6.34. The van der Waals surface area contributed by atoms with E-state index in [1.807, 2.05) is 6.92 Å². The van der Waals surface area contributed by atoms with E-state index in [-0.39, 0.29) is 17.4 Å². The van der Waals surface area contributed by atoms with Gasteiger partial charge in [0.15, 0.2) is 0 Å². The zero-order chi connectivity index (χ0) is 14.6. The fourth-order valence-corrected chi connectivity index (χ4v) is 3.87. The molecule has 0 amide bonds. The van der Waals surface area contributed by atoms with Crippen LogP contribution in [0.3, 0.4) is 0 Å². The van der Waals surface area contributed by atoms with Gasteiger partial charge in [-0.1, -0.05) is 6.07 Å².